The van der Waals surface area contributed by atoms with Crippen molar-refractivity contribution in [3.63, 3.8) is 0 Å². The van der Waals surface area contributed by atoms with Gasteiger partial charge in [-0.2, -0.15) is 0 Å². The first-order valence-electron chi connectivity index (χ1n) is 28.6. The number of benzene rings is 11. The van der Waals surface area contributed by atoms with Crippen molar-refractivity contribution in [3.05, 3.63) is 274 Å². The summed E-state index contributed by atoms with van der Waals surface area (Å²) >= 11 is 26.6. The number of hydrogen-bond acceptors (Lipinski definition) is 6. The molecule has 11 aromatic carbocycles. The standard InChI is InChI=1S/C76H47BrCl3N5O4/c1-44(86)89-51-27-19-24-48(42-51)83-63-38-15-9-32-56(63)69(73(83)52-28-5-10-33-58(52)78)74-68(55-31-8-14-37-62(55)84(74)47-23-18-26-50(88)41-47)57-43-65-72(82-76(53-29-6-11-34-59(53)79)85(65)64-39-16-12-35-60(64)80)70(67(57)46-22-17-25-49(87)40-46)71-66(45-20-3-2-4-21-45)54-30-7-13-36-61(54)81-75(71)77/h2-43,87-88H,1H3. The Balaban J connectivity index is 1.24. The highest BCUT2D eigenvalue weighted by atomic mass is 79.9. The number of para-hydroxylation sites is 4. The molecule has 13 heteroatoms. The van der Waals surface area contributed by atoms with E-state index >= 15 is 0 Å². The first-order chi connectivity index (χ1) is 43.5. The van der Waals surface area contributed by atoms with Crippen molar-refractivity contribution in [3.8, 4) is 113 Å². The van der Waals surface area contributed by atoms with E-state index in [0.717, 1.165) is 77.5 Å². The van der Waals surface area contributed by atoms with Gasteiger partial charge in [0.15, 0.2) is 0 Å². The number of carbonyl (C=O) groups excluding carboxylic acids is 1. The van der Waals surface area contributed by atoms with Crippen LogP contribution < -0.4 is 4.74 Å². The van der Waals surface area contributed by atoms with Crippen LogP contribution in [0.5, 0.6) is 17.2 Å². The minimum absolute atomic E-state index is 0.0410. The number of halogens is 4. The van der Waals surface area contributed by atoms with Crippen molar-refractivity contribution in [1.29, 1.82) is 0 Å². The summed E-state index contributed by atoms with van der Waals surface area (Å²) in [5.74, 6) is 0.529. The van der Waals surface area contributed by atoms with Gasteiger partial charge in [0.2, 0.25) is 0 Å². The molecule has 0 saturated carbocycles. The maximum atomic E-state index is 12.7. The first-order valence-corrected chi connectivity index (χ1v) is 30.6. The molecule has 428 valence electrons. The Morgan fingerprint density at radius 3 is 1.67 bits per heavy atom. The molecule has 2 N–H and O–H groups in total. The van der Waals surface area contributed by atoms with E-state index in [4.69, 9.17) is 49.5 Å². The summed E-state index contributed by atoms with van der Waals surface area (Å²) < 4.78 is 12.8. The number of hydrogen-bond donors (Lipinski definition) is 2. The highest BCUT2D eigenvalue weighted by Gasteiger charge is 2.35. The van der Waals surface area contributed by atoms with Crippen LogP contribution in [0, 0.1) is 0 Å². The predicted octanol–water partition coefficient (Wildman–Crippen LogP) is 21.2. The summed E-state index contributed by atoms with van der Waals surface area (Å²) in [6.07, 6.45) is 0. The minimum atomic E-state index is -0.456. The van der Waals surface area contributed by atoms with Crippen molar-refractivity contribution < 1.29 is 19.7 Å². The van der Waals surface area contributed by atoms with Gasteiger partial charge in [0.05, 0.1) is 54.7 Å². The summed E-state index contributed by atoms with van der Waals surface area (Å²) in [5, 5.41) is 27.7. The van der Waals surface area contributed by atoms with Gasteiger partial charge in [-0.3, -0.25) is 9.36 Å². The second-order valence-corrected chi connectivity index (χ2v) is 23.5. The SMILES string of the molecule is CC(=O)Oc1cccc(-n2c(-c3ccccc3Cl)c(-c3c(-c4cc5c(nc(-c6ccccc6Cl)n5-c5ccccc5Cl)c(-c5c(Br)nc6ccccc6c5-c5ccccc5)c4-c4cccc(O)c4)c4ccccc4n3-c3cccc(O)c3)c3ccccc32)c1. The Bertz CT molecular complexity index is 5380. The topological polar surface area (TPSA) is 107 Å². The second kappa shape index (κ2) is 22.5. The van der Waals surface area contributed by atoms with E-state index in [1.807, 2.05) is 176 Å². The minimum Gasteiger partial charge on any atom is -0.508 e. The zero-order chi connectivity index (χ0) is 60.6. The lowest BCUT2D eigenvalue weighted by atomic mass is 9.82. The monoisotopic (exact) mass is 1280 g/mol. The third-order valence-corrected chi connectivity index (χ3v) is 17.8. The Labute approximate surface area is 534 Å². The summed E-state index contributed by atoms with van der Waals surface area (Å²) in [5.41, 5.74) is 15.3. The van der Waals surface area contributed by atoms with Crippen molar-refractivity contribution in [1.82, 2.24) is 23.7 Å². The number of pyridine rings is 1. The number of rotatable bonds is 11. The average molecular weight is 1280 g/mol. The molecule has 0 atom stereocenters. The molecule has 4 aromatic heterocycles. The quantitative estimate of drug-likeness (QED) is 0.0759. The number of aromatic hydroxyl groups is 2. The summed E-state index contributed by atoms with van der Waals surface area (Å²) in [7, 11) is 0. The fourth-order valence-electron chi connectivity index (χ4n) is 12.8. The second-order valence-electron chi connectivity index (χ2n) is 21.6. The van der Waals surface area contributed by atoms with E-state index in [1.165, 1.54) is 6.92 Å². The van der Waals surface area contributed by atoms with Gasteiger partial charge in [-0.15, -0.1) is 0 Å². The summed E-state index contributed by atoms with van der Waals surface area (Å²) in [6, 6.07) is 82.4. The molecule has 9 nitrogen and oxygen atoms in total. The van der Waals surface area contributed by atoms with Crippen LogP contribution in [-0.2, 0) is 4.79 Å². The number of nitrogens with zero attached hydrogens (tertiary/aromatic N) is 5. The molecule has 0 aliphatic carbocycles. The number of carbonyl (C=O) groups is 1. The van der Waals surface area contributed by atoms with Gasteiger partial charge >= 0.3 is 5.97 Å². The third kappa shape index (κ3) is 9.42. The van der Waals surface area contributed by atoms with Gasteiger partial charge in [-0.1, -0.05) is 186 Å². The lowest BCUT2D eigenvalue weighted by Gasteiger charge is -2.23. The van der Waals surface area contributed by atoms with Gasteiger partial charge in [0, 0.05) is 96.1 Å². The van der Waals surface area contributed by atoms with E-state index in [2.05, 4.69) is 78.2 Å². The van der Waals surface area contributed by atoms with Crippen molar-refractivity contribution in [2.75, 3.05) is 0 Å². The Morgan fingerprint density at radius 2 is 0.989 bits per heavy atom. The number of ether oxygens (including phenoxy) is 1. The molecular weight excluding hydrogens is 1230 g/mol. The van der Waals surface area contributed by atoms with Gasteiger partial charge in [-0.25, -0.2) is 9.97 Å². The maximum absolute atomic E-state index is 12.7. The molecule has 0 saturated heterocycles. The Morgan fingerprint density at radius 1 is 0.427 bits per heavy atom. The zero-order valence-corrected chi connectivity index (χ0v) is 51.1. The van der Waals surface area contributed by atoms with E-state index in [9.17, 15) is 15.0 Å². The molecule has 0 aliphatic heterocycles. The molecule has 0 spiro atoms. The highest BCUT2D eigenvalue weighted by molar-refractivity contribution is 9.10. The van der Waals surface area contributed by atoms with Crippen LogP contribution >= 0.6 is 50.7 Å². The number of esters is 1. The van der Waals surface area contributed by atoms with Crippen LogP contribution in [0.4, 0.5) is 0 Å². The van der Waals surface area contributed by atoms with E-state index < -0.39 is 5.97 Å². The first kappa shape index (κ1) is 55.4. The van der Waals surface area contributed by atoms with Gasteiger partial charge < -0.3 is 24.1 Å². The smallest absolute Gasteiger partial charge is 0.308 e. The summed E-state index contributed by atoms with van der Waals surface area (Å²) in [4.78, 5) is 23.9. The molecule has 0 aliphatic rings. The zero-order valence-electron chi connectivity index (χ0n) is 47.2. The predicted molar refractivity (Wildman–Crippen MR) is 365 cm³/mol. The maximum Gasteiger partial charge on any atom is 0.308 e. The van der Waals surface area contributed by atoms with Gasteiger partial charge in [0.1, 0.15) is 27.7 Å². The molecule has 0 fully saturated rings. The molecule has 15 rings (SSSR count). The van der Waals surface area contributed by atoms with E-state index in [-0.39, 0.29) is 11.5 Å². The summed E-state index contributed by atoms with van der Waals surface area (Å²) in [6.45, 7) is 1.39. The Hall–Kier alpha value is -10.2. The van der Waals surface area contributed by atoms with Crippen molar-refractivity contribution >= 4 is 100 Å². The van der Waals surface area contributed by atoms with Crippen LogP contribution in [0.2, 0.25) is 15.1 Å². The molecular formula is C76H47BrCl3N5O4. The number of fused-ring (bicyclic) bond motifs is 4. The third-order valence-electron chi connectivity index (χ3n) is 16.3. The number of phenolic OH excluding ortho intramolecular Hbond substituents is 2. The van der Waals surface area contributed by atoms with Gasteiger partial charge in [-0.05, 0) is 124 Å². The molecule has 0 radical (unpaired) electrons. The van der Waals surface area contributed by atoms with Crippen LogP contribution in [0.25, 0.3) is 139 Å². The van der Waals surface area contributed by atoms with Crippen LogP contribution in [0.3, 0.4) is 0 Å². The van der Waals surface area contributed by atoms with Crippen LogP contribution in [0.15, 0.2) is 259 Å². The van der Waals surface area contributed by atoms with E-state index in [0.29, 0.717) is 87.2 Å². The van der Waals surface area contributed by atoms with Crippen molar-refractivity contribution in [2.45, 2.75) is 6.92 Å². The van der Waals surface area contributed by atoms with Crippen LogP contribution in [-0.4, -0.2) is 39.9 Å². The Kier molecular flexibility index (Phi) is 14.0. The lowest BCUT2D eigenvalue weighted by molar-refractivity contribution is -0.131. The molecule has 0 unspecified atom stereocenters. The van der Waals surface area contributed by atoms with Crippen LogP contribution in [0.1, 0.15) is 6.92 Å². The van der Waals surface area contributed by atoms with E-state index in [1.54, 1.807) is 30.3 Å². The molecule has 89 heavy (non-hydrogen) atoms. The van der Waals surface area contributed by atoms with Crippen molar-refractivity contribution in [2.24, 2.45) is 0 Å². The fraction of sp³-hybridized carbons (Fsp3) is 0.0132. The fourth-order valence-corrected chi connectivity index (χ4v) is 14.0. The number of aromatic nitrogens is 5. The molecule has 0 amide bonds. The highest BCUT2D eigenvalue weighted by Crippen LogP contribution is 2.57. The lowest BCUT2D eigenvalue weighted by Crippen LogP contribution is -2.04. The average Bonchev–Trinajstić information content (AvgIpc) is 1.59. The normalized spacial score (nSPS) is 11.6. The molecule has 4 heterocycles. The number of imidazole rings is 1. The number of phenols is 2. The molecule has 0 bridgehead atoms. The van der Waals surface area contributed by atoms with Gasteiger partial charge in [0.25, 0.3) is 0 Å². The molecule has 15 aromatic rings. The largest absolute Gasteiger partial charge is 0.508 e.